The number of unbranched alkanes of at least 4 members (excludes halogenated alkanes) is 2. The van der Waals surface area contributed by atoms with Crippen molar-refractivity contribution in [1.29, 1.82) is 0 Å². The third-order valence-corrected chi connectivity index (χ3v) is 4.70. The number of ether oxygens (including phenoxy) is 2. The second kappa shape index (κ2) is 9.04. The molecule has 0 aliphatic heterocycles. The van der Waals surface area contributed by atoms with Crippen LogP contribution in [0.4, 0.5) is 0 Å². The number of rotatable bonds is 8. The Bertz CT molecular complexity index is 447. The summed E-state index contributed by atoms with van der Waals surface area (Å²) < 4.78 is 11.3. The molecule has 3 nitrogen and oxygen atoms in total. The van der Waals surface area contributed by atoms with Crippen molar-refractivity contribution in [3.05, 3.63) is 23.8 Å². The van der Waals surface area contributed by atoms with Crippen LogP contribution in [0.25, 0.3) is 0 Å². The molecule has 0 radical (unpaired) electrons. The molecule has 2 N–H and O–H groups in total. The number of hydrogen-bond donors (Lipinski definition) is 1. The van der Waals surface area contributed by atoms with Gasteiger partial charge in [-0.3, -0.25) is 0 Å². The molecule has 0 spiro atoms. The van der Waals surface area contributed by atoms with E-state index in [-0.39, 0.29) is 0 Å². The summed E-state index contributed by atoms with van der Waals surface area (Å²) >= 11 is 0. The highest BCUT2D eigenvalue weighted by Gasteiger charge is 2.22. The van der Waals surface area contributed by atoms with Crippen molar-refractivity contribution in [1.82, 2.24) is 0 Å². The molecule has 0 aromatic heterocycles. The van der Waals surface area contributed by atoms with E-state index in [0.29, 0.717) is 12.0 Å². The van der Waals surface area contributed by atoms with Crippen LogP contribution in [0.15, 0.2) is 18.2 Å². The predicted octanol–water partition coefficient (Wildman–Crippen LogP) is 4.32. The fourth-order valence-corrected chi connectivity index (χ4v) is 3.28. The first-order chi connectivity index (χ1) is 10.7. The molecule has 22 heavy (non-hydrogen) atoms. The number of hydrogen-bond acceptors (Lipinski definition) is 3. The third-order valence-electron chi connectivity index (χ3n) is 4.70. The predicted molar refractivity (Wildman–Crippen MR) is 91.7 cm³/mol. The molecule has 0 bridgehead atoms. The standard InChI is InChI=1S/C19H31NO2/c1-3-4-7-12-22-18-11-10-15(14-19(18)21-2)13-16-8-5-6-9-17(16)20/h10-11,14,16-17H,3-9,12-13,20H2,1-2H3. The second-order valence-corrected chi connectivity index (χ2v) is 6.45. The smallest absolute Gasteiger partial charge is 0.161 e. The largest absolute Gasteiger partial charge is 0.493 e. The van der Waals surface area contributed by atoms with Crippen molar-refractivity contribution in [3.63, 3.8) is 0 Å². The first-order valence-corrected chi connectivity index (χ1v) is 8.80. The summed E-state index contributed by atoms with van der Waals surface area (Å²) in [5, 5.41) is 0. The highest BCUT2D eigenvalue weighted by atomic mass is 16.5. The van der Waals surface area contributed by atoms with Crippen LogP contribution < -0.4 is 15.2 Å². The molecular formula is C19H31NO2. The monoisotopic (exact) mass is 305 g/mol. The second-order valence-electron chi connectivity index (χ2n) is 6.45. The van der Waals surface area contributed by atoms with Crippen LogP contribution in [0.5, 0.6) is 11.5 Å². The lowest BCUT2D eigenvalue weighted by Crippen LogP contribution is -2.34. The van der Waals surface area contributed by atoms with E-state index in [1.165, 1.54) is 44.1 Å². The lowest BCUT2D eigenvalue weighted by atomic mass is 9.81. The van der Waals surface area contributed by atoms with Crippen molar-refractivity contribution >= 4 is 0 Å². The van der Waals surface area contributed by atoms with Gasteiger partial charge in [-0.1, -0.05) is 38.7 Å². The van der Waals surface area contributed by atoms with Crippen LogP contribution >= 0.6 is 0 Å². The van der Waals surface area contributed by atoms with Gasteiger partial charge in [0.05, 0.1) is 13.7 Å². The van der Waals surface area contributed by atoms with Crippen molar-refractivity contribution in [2.75, 3.05) is 13.7 Å². The van der Waals surface area contributed by atoms with Crippen LogP contribution in [0.2, 0.25) is 0 Å². The van der Waals surface area contributed by atoms with Gasteiger partial charge in [0, 0.05) is 6.04 Å². The Hall–Kier alpha value is -1.22. The quantitative estimate of drug-likeness (QED) is 0.727. The Morgan fingerprint density at radius 2 is 1.95 bits per heavy atom. The van der Waals surface area contributed by atoms with E-state index in [4.69, 9.17) is 15.2 Å². The Morgan fingerprint density at radius 1 is 1.14 bits per heavy atom. The maximum absolute atomic E-state index is 6.27. The molecule has 1 aromatic rings. The number of methoxy groups -OCH3 is 1. The molecule has 0 heterocycles. The average molecular weight is 305 g/mol. The zero-order valence-electron chi connectivity index (χ0n) is 14.1. The Morgan fingerprint density at radius 3 is 2.68 bits per heavy atom. The molecule has 1 fully saturated rings. The molecule has 1 aliphatic carbocycles. The average Bonchev–Trinajstić information content (AvgIpc) is 2.54. The molecule has 1 aromatic carbocycles. The topological polar surface area (TPSA) is 44.5 Å². The maximum atomic E-state index is 6.27. The minimum Gasteiger partial charge on any atom is -0.493 e. The van der Waals surface area contributed by atoms with Gasteiger partial charge in [-0.25, -0.2) is 0 Å². The molecule has 2 unspecified atom stereocenters. The van der Waals surface area contributed by atoms with Gasteiger partial charge in [-0.05, 0) is 49.3 Å². The van der Waals surface area contributed by atoms with Gasteiger partial charge < -0.3 is 15.2 Å². The zero-order chi connectivity index (χ0) is 15.8. The maximum Gasteiger partial charge on any atom is 0.161 e. The van der Waals surface area contributed by atoms with Gasteiger partial charge in [0.25, 0.3) is 0 Å². The molecule has 2 atom stereocenters. The Kier molecular flexibility index (Phi) is 7.04. The third kappa shape index (κ3) is 4.91. The summed E-state index contributed by atoms with van der Waals surface area (Å²) in [5.41, 5.74) is 7.57. The van der Waals surface area contributed by atoms with E-state index in [1.807, 2.05) is 0 Å². The van der Waals surface area contributed by atoms with Crippen molar-refractivity contribution in [2.24, 2.45) is 11.7 Å². The van der Waals surface area contributed by atoms with Gasteiger partial charge in [0.1, 0.15) is 0 Å². The van der Waals surface area contributed by atoms with Crippen molar-refractivity contribution in [3.8, 4) is 11.5 Å². The van der Waals surface area contributed by atoms with Crippen LogP contribution in [0.1, 0.15) is 57.4 Å². The summed E-state index contributed by atoms with van der Waals surface area (Å²) in [5.74, 6) is 2.31. The molecule has 124 valence electrons. The van der Waals surface area contributed by atoms with E-state index in [1.54, 1.807) is 7.11 Å². The normalized spacial score (nSPS) is 21.6. The summed E-state index contributed by atoms with van der Waals surface area (Å²) in [6, 6.07) is 6.69. The van der Waals surface area contributed by atoms with Gasteiger partial charge in [-0.2, -0.15) is 0 Å². The summed E-state index contributed by atoms with van der Waals surface area (Å²) in [7, 11) is 1.71. The van der Waals surface area contributed by atoms with Crippen molar-refractivity contribution < 1.29 is 9.47 Å². The van der Waals surface area contributed by atoms with E-state index in [0.717, 1.165) is 30.9 Å². The molecule has 2 rings (SSSR count). The van der Waals surface area contributed by atoms with Gasteiger partial charge >= 0.3 is 0 Å². The minimum absolute atomic E-state index is 0.352. The van der Waals surface area contributed by atoms with E-state index < -0.39 is 0 Å². The highest BCUT2D eigenvalue weighted by Crippen LogP contribution is 2.32. The highest BCUT2D eigenvalue weighted by molar-refractivity contribution is 5.43. The fraction of sp³-hybridized carbons (Fsp3) is 0.684. The van der Waals surface area contributed by atoms with Crippen molar-refractivity contribution in [2.45, 2.75) is 64.3 Å². The van der Waals surface area contributed by atoms with Gasteiger partial charge in [0.2, 0.25) is 0 Å². The SMILES string of the molecule is CCCCCOc1ccc(CC2CCCCC2N)cc1OC. The van der Waals surface area contributed by atoms with Crippen LogP contribution in [-0.4, -0.2) is 19.8 Å². The Labute approximate surface area is 135 Å². The van der Waals surface area contributed by atoms with E-state index in [9.17, 15) is 0 Å². The minimum atomic E-state index is 0.352. The van der Waals surface area contributed by atoms with Gasteiger partial charge in [0.15, 0.2) is 11.5 Å². The van der Waals surface area contributed by atoms with Gasteiger partial charge in [-0.15, -0.1) is 0 Å². The first kappa shape index (κ1) is 17.1. The Balaban J connectivity index is 1.95. The molecule has 0 saturated heterocycles. The molecule has 3 heteroatoms. The fourth-order valence-electron chi connectivity index (χ4n) is 3.28. The zero-order valence-corrected chi connectivity index (χ0v) is 14.1. The number of nitrogens with two attached hydrogens (primary N) is 1. The molecule has 1 aliphatic rings. The molecule has 1 saturated carbocycles. The first-order valence-electron chi connectivity index (χ1n) is 8.80. The lowest BCUT2D eigenvalue weighted by Gasteiger charge is -2.28. The lowest BCUT2D eigenvalue weighted by molar-refractivity contribution is 0.284. The molecular weight excluding hydrogens is 274 g/mol. The van der Waals surface area contributed by atoms with E-state index in [2.05, 4.69) is 25.1 Å². The van der Waals surface area contributed by atoms with Crippen LogP contribution in [0.3, 0.4) is 0 Å². The number of benzene rings is 1. The summed E-state index contributed by atoms with van der Waals surface area (Å²) in [4.78, 5) is 0. The molecule has 0 amide bonds. The van der Waals surface area contributed by atoms with Crippen LogP contribution in [0, 0.1) is 5.92 Å². The summed E-state index contributed by atoms with van der Waals surface area (Å²) in [6.07, 6.45) is 9.58. The van der Waals surface area contributed by atoms with Crippen LogP contribution in [-0.2, 0) is 6.42 Å². The summed E-state index contributed by atoms with van der Waals surface area (Å²) in [6.45, 7) is 2.96. The van der Waals surface area contributed by atoms with E-state index >= 15 is 0 Å².